The number of carbonyl (C=O) groups excluding carboxylic acids is 1. The Morgan fingerprint density at radius 1 is 0.968 bits per heavy atom. The van der Waals surface area contributed by atoms with E-state index in [2.05, 4.69) is 40.8 Å². The topological polar surface area (TPSA) is 50.7 Å². The molecule has 0 unspecified atom stereocenters. The predicted octanol–water partition coefficient (Wildman–Crippen LogP) is 5.78. The van der Waals surface area contributed by atoms with Crippen molar-refractivity contribution in [2.24, 2.45) is 28.8 Å². The predicted molar refractivity (Wildman–Crippen MR) is 124 cm³/mol. The molecule has 0 aliphatic heterocycles. The van der Waals surface area contributed by atoms with Crippen LogP contribution in [0, 0.1) is 23.7 Å². The Kier molecular flexibility index (Phi) is 5.33. The maximum Gasteiger partial charge on any atom is 0.225 e. The highest BCUT2D eigenvalue weighted by Crippen LogP contribution is 2.64. The van der Waals surface area contributed by atoms with Crippen LogP contribution in [0.3, 0.4) is 0 Å². The monoisotopic (exact) mass is 416 g/mol. The number of carbonyl (C=O) groups is 1. The number of amides is 1. The number of nitrogens with zero attached hydrogens (tertiary/aromatic N) is 1. The summed E-state index contributed by atoms with van der Waals surface area (Å²) in [6, 6.07) is 18.8. The van der Waals surface area contributed by atoms with Gasteiger partial charge in [-0.25, -0.2) is 0 Å². The van der Waals surface area contributed by atoms with E-state index in [4.69, 9.17) is 4.84 Å². The second-order valence-electron chi connectivity index (χ2n) is 9.87. The standard InChI is InChI=1S/C27H32N2O2/c1-18(29-31-2)21-8-10-25(11-9-21)28-26(30)17-27(22-6-4-3-5-7-22)23-13-19-12-20(15-23)16-24(27)14-19/h3-11,19-20,23-24H,12-17H2,1-2H3,(H,28,30). The molecule has 1 amide bonds. The Balaban J connectivity index is 1.38. The van der Waals surface area contributed by atoms with Crippen LogP contribution in [0.1, 0.15) is 56.6 Å². The zero-order valence-electron chi connectivity index (χ0n) is 18.5. The van der Waals surface area contributed by atoms with E-state index in [-0.39, 0.29) is 11.3 Å². The molecule has 4 saturated carbocycles. The van der Waals surface area contributed by atoms with Gasteiger partial charge in [-0.3, -0.25) is 4.79 Å². The second kappa shape index (κ2) is 8.14. The first-order valence-corrected chi connectivity index (χ1v) is 11.6. The van der Waals surface area contributed by atoms with Crippen LogP contribution in [-0.4, -0.2) is 18.7 Å². The summed E-state index contributed by atoms with van der Waals surface area (Å²) in [5.41, 5.74) is 4.01. The number of benzene rings is 2. The van der Waals surface area contributed by atoms with Crippen molar-refractivity contribution in [1.29, 1.82) is 0 Å². The zero-order valence-corrected chi connectivity index (χ0v) is 18.5. The van der Waals surface area contributed by atoms with Gasteiger partial charge in [0.25, 0.3) is 0 Å². The number of hydrogen-bond donors (Lipinski definition) is 1. The third-order valence-corrected chi connectivity index (χ3v) is 8.17. The summed E-state index contributed by atoms with van der Waals surface area (Å²) in [6.45, 7) is 1.91. The number of anilines is 1. The fraction of sp³-hybridized carbons (Fsp3) is 0.481. The van der Waals surface area contributed by atoms with Crippen LogP contribution in [0.2, 0.25) is 0 Å². The molecule has 0 aromatic heterocycles. The van der Waals surface area contributed by atoms with Crippen LogP contribution >= 0.6 is 0 Å². The Morgan fingerprint density at radius 2 is 1.58 bits per heavy atom. The van der Waals surface area contributed by atoms with Gasteiger partial charge in [0.05, 0.1) is 5.71 Å². The quantitative estimate of drug-likeness (QED) is 0.479. The van der Waals surface area contributed by atoms with Gasteiger partial charge in [-0.15, -0.1) is 0 Å². The lowest BCUT2D eigenvalue weighted by Crippen LogP contribution is -2.56. The molecule has 2 aromatic rings. The zero-order chi connectivity index (χ0) is 21.4. The Morgan fingerprint density at radius 3 is 2.16 bits per heavy atom. The normalized spacial score (nSPS) is 31.5. The van der Waals surface area contributed by atoms with E-state index < -0.39 is 0 Å². The number of oxime groups is 1. The summed E-state index contributed by atoms with van der Waals surface area (Å²) in [5.74, 6) is 3.16. The lowest BCUT2D eigenvalue weighted by molar-refractivity contribution is -0.124. The first-order valence-electron chi connectivity index (χ1n) is 11.6. The van der Waals surface area contributed by atoms with Crippen molar-refractivity contribution in [2.45, 2.75) is 50.9 Å². The van der Waals surface area contributed by atoms with E-state index in [0.29, 0.717) is 18.3 Å². The molecule has 0 heterocycles. The minimum atomic E-state index is -0.0135. The first-order chi connectivity index (χ1) is 15.1. The van der Waals surface area contributed by atoms with Gasteiger partial charge in [0.2, 0.25) is 5.91 Å². The molecular formula is C27H32N2O2. The molecule has 0 atom stereocenters. The molecule has 4 aliphatic rings. The Labute approximate surface area is 185 Å². The number of rotatable bonds is 6. The second-order valence-corrected chi connectivity index (χ2v) is 9.87. The lowest BCUT2D eigenvalue weighted by Gasteiger charge is -2.61. The van der Waals surface area contributed by atoms with E-state index in [1.54, 1.807) is 7.11 Å². The largest absolute Gasteiger partial charge is 0.399 e. The van der Waals surface area contributed by atoms with E-state index >= 15 is 0 Å². The van der Waals surface area contributed by atoms with E-state index in [1.165, 1.54) is 37.7 Å². The average molecular weight is 417 g/mol. The van der Waals surface area contributed by atoms with Gasteiger partial charge in [0, 0.05) is 17.5 Å². The van der Waals surface area contributed by atoms with Crippen LogP contribution in [-0.2, 0) is 15.0 Å². The highest BCUT2D eigenvalue weighted by Gasteiger charge is 2.58. The van der Waals surface area contributed by atoms with Gasteiger partial charge < -0.3 is 10.2 Å². The smallest absolute Gasteiger partial charge is 0.225 e. The molecular weight excluding hydrogens is 384 g/mol. The van der Waals surface area contributed by atoms with Crippen molar-refractivity contribution in [3.05, 3.63) is 65.7 Å². The molecule has 4 nitrogen and oxygen atoms in total. The minimum Gasteiger partial charge on any atom is -0.399 e. The highest BCUT2D eigenvalue weighted by atomic mass is 16.6. The van der Waals surface area contributed by atoms with Crippen molar-refractivity contribution in [3.63, 3.8) is 0 Å². The van der Waals surface area contributed by atoms with E-state index in [1.807, 2.05) is 31.2 Å². The van der Waals surface area contributed by atoms with Crippen molar-refractivity contribution < 1.29 is 9.63 Å². The molecule has 0 radical (unpaired) electrons. The van der Waals surface area contributed by atoms with Crippen molar-refractivity contribution >= 4 is 17.3 Å². The third kappa shape index (κ3) is 3.66. The van der Waals surface area contributed by atoms with Gasteiger partial charge in [-0.05, 0) is 86.0 Å². The fourth-order valence-corrected chi connectivity index (χ4v) is 7.09. The fourth-order valence-electron chi connectivity index (χ4n) is 7.09. The van der Waals surface area contributed by atoms with Crippen molar-refractivity contribution in [2.75, 3.05) is 12.4 Å². The summed E-state index contributed by atoms with van der Waals surface area (Å²) in [7, 11) is 1.55. The van der Waals surface area contributed by atoms with Crippen LogP contribution in [0.4, 0.5) is 5.69 Å². The highest BCUT2D eigenvalue weighted by molar-refractivity contribution is 5.99. The molecule has 162 valence electrons. The molecule has 0 saturated heterocycles. The van der Waals surface area contributed by atoms with Crippen LogP contribution < -0.4 is 5.32 Å². The van der Waals surface area contributed by atoms with E-state index in [9.17, 15) is 4.79 Å². The van der Waals surface area contributed by atoms with Gasteiger partial charge in [0.15, 0.2) is 0 Å². The van der Waals surface area contributed by atoms with Crippen LogP contribution in [0.15, 0.2) is 59.8 Å². The maximum absolute atomic E-state index is 13.3. The summed E-state index contributed by atoms with van der Waals surface area (Å²) >= 11 is 0. The minimum absolute atomic E-state index is 0.0135. The summed E-state index contributed by atoms with van der Waals surface area (Å²) in [6.07, 6.45) is 7.17. The molecule has 6 rings (SSSR count). The lowest BCUT2D eigenvalue weighted by atomic mass is 9.43. The molecule has 4 heteroatoms. The molecule has 2 aromatic carbocycles. The third-order valence-electron chi connectivity index (χ3n) is 8.17. The molecule has 31 heavy (non-hydrogen) atoms. The Hall–Kier alpha value is -2.62. The molecule has 4 fully saturated rings. The summed E-state index contributed by atoms with van der Waals surface area (Å²) in [4.78, 5) is 18.2. The molecule has 4 aliphatic carbocycles. The summed E-state index contributed by atoms with van der Waals surface area (Å²) in [5, 5.41) is 7.16. The molecule has 4 bridgehead atoms. The van der Waals surface area contributed by atoms with Gasteiger partial charge >= 0.3 is 0 Å². The van der Waals surface area contributed by atoms with Gasteiger partial charge in [-0.2, -0.15) is 0 Å². The maximum atomic E-state index is 13.3. The summed E-state index contributed by atoms with van der Waals surface area (Å²) < 4.78 is 0. The van der Waals surface area contributed by atoms with Crippen molar-refractivity contribution in [3.8, 4) is 0 Å². The first kappa shape index (κ1) is 20.3. The SMILES string of the molecule is CON=C(C)c1ccc(NC(=O)CC2(c3ccccc3)C3CC4CC(C3)CC2C4)cc1. The van der Waals surface area contributed by atoms with Crippen LogP contribution in [0.25, 0.3) is 0 Å². The molecule has 0 spiro atoms. The van der Waals surface area contributed by atoms with Crippen LogP contribution in [0.5, 0.6) is 0 Å². The van der Waals surface area contributed by atoms with Crippen molar-refractivity contribution in [1.82, 2.24) is 0 Å². The average Bonchev–Trinajstić information content (AvgIpc) is 2.77. The Bertz CT molecular complexity index is 936. The molecule has 1 N–H and O–H groups in total. The van der Waals surface area contributed by atoms with E-state index in [0.717, 1.165) is 28.8 Å². The van der Waals surface area contributed by atoms with Gasteiger partial charge in [-0.1, -0.05) is 47.6 Å². The van der Waals surface area contributed by atoms with Gasteiger partial charge in [0.1, 0.15) is 7.11 Å². The number of hydrogen-bond acceptors (Lipinski definition) is 3. The number of nitrogens with one attached hydrogen (secondary N) is 1.